The maximum absolute atomic E-state index is 11.7. The Morgan fingerprint density at radius 2 is 2.00 bits per heavy atom. The second kappa shape index (κ2) is 8.23. The quantitative estimate of drug-likeness (QED) is 0.755. The van der Waals surface area contributed by atoms with Crippen LogP contribution in [0.15, 0.2) is 29.2 Å². The third kappa shape index (κ3) is 5.25. The third-order valence-corrected chi connectivity index (χ3v) is 4.00. The van der Waals surface area contributed by atoms with Crippen molar-refractivity contribution in [1.82, 2.24) is 10.6 Å². The van der Waals surface area contributed by atoms with E-state index in [9.17, 15) is 4.79 Å². The van der Waals surface area contributed by atoms with E-state index in [1.807, 2.05) is 13.8 Å². The first kappa shape index (κ1) is 16.1. The Morgan fingerprint density at radius 1 is 1.26 bits per heavy atom. The van der Waals surface area contributed by atoms with Gasteiger partial charge >= 0.3 is 0 Å². The van der Waals surface area contributed by atoms with Gasteiger partial charge in [-0.1, -0.05) is 19.1 Å². The number of hydrogen-bond donors (Lipinski definition) is 2. The largest absolute Gasteiger partial charge is 0.355 e. The van der Waals surface area contributed by atoms with Crippen LogP contribution in [0.5, 0.6) is 0 Å². The normalized spacial score (nSPS) is 13.9. The van der Waals surface area contributed by atoms with E-state index in [4.69, 9.17) is 0 Å². The van der Waals surface area contributed by atoms with Crippen LogP contribution in [-0.2, 0) is 4.79 Å². The molecule has 3 nitrogen and oxygen atoms in total. The van der Waals surface area contributed by atoms with Crippen LogP contribution in [0.4, 0.5) is 0 Å². The first-order chi connectivity index (χ1) is 9.08. The Labute approximate surface area is 120 Å². The Morgan fingerprint density at radius 3 is 2.63 bits per heavy atom. The molecule has 1 amide bonds. The van der Waals surface area contributed by atoms with Gasteiger partial charge in [0.2, 0.25) is 5.91 Å². The zero-order valence-corrected chi connectivity index (χ0v) is 13.0. The van der Waals surface area contributed by atoms with Gasteiger partial charge in [-0.25, -0.2) is 0 Å². The van der Waals surface area contributed by atoms with Gasteiger partial charge in [0.05, 0.1) is 5.25 Å². The lowest BCUT2D eigenvalue weighted by Gasteiger charge is -2.15. The van der Waals surface area contributed by atoms with Gasteiger partial charge in [0, 0.05) is 17.5 Å². The molecule has 1 aromatic carbocycles. The second-order valence-electron chi connectivity index (χ2n) is 4.51. The predicted molar refractivity (Wildman–Crippen MR) is 82.5 cm³/mol. The van der Waals surface area contributed by atoms with Crippen molar-refractivity contribution < 1.29 is 4.79 Å². The fourth-order valence-electron chi connectivity index (χ4n) is 1.86. The summed E-state index contributed by atoms with van der Waals surface area (Å²) in [5.74, 6) is 0.0950. The van der Waals surface area contributed by atoms with Crippen molar-refractivity contribution in [2.75, 3.05) is 13.1 Å². The number of rotatable bonds is 7. The van der Waals surface area contributed by atoms with Gasteiger partial charge < -0.3 is 10.6 Å². The molecule has 0 bridgehead atoms. The SMILES string of the molecule is CCNC(=O)C(C)Sc1cccc(C(C)NCC)c1. The van der Waals surface area contributed by atoms with Crippen molar-refractivity contribution in [3.05, 3.63) is 29.8 Å². The van der Waals surface area contributed by atoms with Crippen LogP contribution in [0.3, 0.4) is 0 Å². The van der Waals surface area contributed by atoms with Crippen LogP contribution in [-0.4, -0.2) is 24.2 Å². The van der Waals surface area contributed by atoms with E-state index >= 15 is 0 Å². The third-order valence-electron chi connectivity index (χ3n) is 2.90. The zero-order chi connectivity index (χ0) is 14.3. The van der Waals surface area contributed by atoms with Gasteiger partial charge in [-0.2, -0.15) is 0 Å². The molecule has 0 radical (unpaired) electrons. The maximum atomic E-state index is 11.7. The Bertz CT molecular complexity index is 409. The lowest BCUT2D eigenvalue weighted by Crippen LogP contribution is -2.30. The molecule has 2 N–H and O–H groups in total. The number of carbonyl (C=O) groups is 1. The molecule has 0 aliphatic carbocycles. The van der Waals surface area contributed by atoms with Gasteiger partial charge in [0.15, 0.2) is 0 Å². The maximum Gasteiger partial charge on any atom is 0.233 e. The monoisotopic (exact) mass is 280 g/mol. The Hall–Kier alpha value is -1.00. The summed E-state index contributed by atoms with van der Waals surface area (Å²) < 4.78 is 0. The first-order valence-corrected chi connectivity index (χ1v) is 7.74. The fourth-order valence-corrected chi connectivity index (χ4v) is 2.82. The van der Waals surface area contributed by atoms with E-state index in [-0.39, 0.29) is 11.2 Å². The highest BCUT2D eigenvalue weighted by molar-refractivity contribution is 8.00. The van der Waals surface area contributed by atoms with E-state index in [1.54, 1.807) is 11.8 Å². The van der Waals surface area contributed by atoms with Crippen LogP contribution < -0.4 is 10.6 Å². The predicted octanol–water partition coefficient (Wildman–Crippen LogP) is 2.97. The van der Waals surface area contributed by atoms with Crippen LogP contribution in [0, 0.1) is 0 Å². The van der Waals surface area contributed by atoms with Crippen molar-refractivity contribution >= 4 is 17.7 Å². The fraction of sp³-hybridized carbons (Fsp3) is 0.533. The van der Waals surface area contributed by atoms with Crippen LogP contribution in [0.1, 0.15) is 39.3 Å². The number of thioether (sulfide) groups is 1. The lowest BCUT2D eigenvalue weighted by molar-refractivity contribution is -0.120. The molecule has 0 aliphatic rings. The molecular weight excluding hydrogens is 256 g/mol. The summed E-state index contributed by atoms with van der Waals surface area (Å²) in [4.78, 5) is 12.9. The zero-order valence-electron chi connectivity index (χ0n) is 12.2. The molecule has 1 rings (SSSR count). The van der Waals surface area contributed by atoms with Crippen LogP contribution in [0.2, 0.25) is 0 Å². The number of hydrogen-bond acceptors (Lipinski definition) is 3. The van der Waals surface area contributed by atoms with Crippen LogP contribution in [0.25, 0.3) is 0 Å². The lowest BCUT2D eigenvalue weighted by atomic mass is 10.1. The minimum absolute atomic E-state index is 0.0651. The van der Waals surface area contributed by atoms with Crippen molar-refractivity contribution in [3.63, 3.8) is 0 Å². The molecule has 4 heteroatoms. The van der Waals surface area contributed by atoms with E-state index in [0.717, 1.165) is 11.4 Å². The molecular formula is C15H24N2OS. The van der Waals surface area contributed by atoms with E-state index in [0.29, 0.717) is 12.6 Å². The smallest absolute Gasteiger partial charge is 0.233 e. The summed E-state index contributed by atoms with van der Waals surface area (Å²) in [7, 11) is 0. The second-order valence-corrected chi connectivity index (χ2v) is 5.92. The number of nitrogens with one attached hydrogen (secondary N) is 2. The van der Waals surface area contributed by atoms with Crippen LogP contribution >= 0.6 is 11.8 Å². The highest BCUT2D eigenvalue weighted by Gasteiger charge is 2.14. The van der Waals surface area contributed by atoms with Crippen molar-refractivity contribution in [2.45, 2.75) is 43.9 Å². The molecule has 0 aromatic heterocycles. The number of benzene rings is 1. The molecule has 0 saturated carbocycles. The molecule has 2 atom stereocenters. The summed E-state index contributed by atoms with van der Waals surface area (Å²) in [6.07, 6.45) is 0. The molecule has 0 saturated heterocycles. The molecule has 106 valence electrons. The highest BCUT2D eigenvalue weighted by Crippen LogP contribution is 2.26. The molecule has 1 aromatic rings. The summed E-state index contributed by atoms with van der Waals surface area (Å²) in [6.45, 7) is 9.77. The number of amides is 1. The van der Waals surface area contributed by atoms with Gasteiger partial charge in [0.25, 0.3) is 0 Å². The Balaban J connectivity index is 2.69. The Kier molecular flexibility index (Phi) is 6.95. The first-order valence-electron chi connectivity index (χ1n) is 6.86. The van der Waals surface area contributed by atoms with Gasteiger partial charge in [-0.3, -0.25) is 4.79 Å². The van der Waals surface area contributed by atoms with Gasteiger partial charge in [-0.15, -0.1) is 11.8 Å². The van der Waals surface area contributed by atoms with Crippen molar-refractivity contribution in [1.29, 1.82) is 0 Å². The standard InChI is InChI=1S/C15H24N2OS/c1-5-16-11(3)13-8-7-9-14(10-13)19-12(4)15(18)17-6-2/h7-12,16H,5-6H2,1-4H3,(H,17,18). The minimum atomic E-state index is -0.0651. The molecule has 0 spiro atoms. The van der Waals surface area contributed by atoms with E-state index in [1.165, 1.54) is 5.56 Å². The molecule has 0 heterocycles. The van der Waals surface area contributed by atoms with Crippen molar-refractivity contribution in [3.8, 4) is 0 Å². The molecule has 0 aliphatic heterocycles. The molecule has 19 heavy (non-hydrogen) atoms. The van der Waals surface area contributed by atoms with Crippen molar-refractivity contribution in [2.24, 2.45) is 0 Å². The van der Waals surface area contributed by atoms with E-state index < -0.39 is 0 Å². The summed E-state index contributed by atoms with van der Waals surface area (Å²) in [6, 6.07) is 8.73. The van der Waals surface area contributed by atoms with Gasteiger partial charge in [-0.05, 0) is 45.0 Å². The van der Waals surface area contributed by atoms with Gasteiger partial charge in [0.1, 0.15) is 0 Å². The molecule has 0 fully saturated rings. The average Bonchev–Trinajstić information content (AvgIpc) is 2.39. The minimum Gasteiger partial charge on any atom is -0.355 e. The average molecular weight is 280 g/mol. The summed E-state index contributed by atoms with van der Waals surface area (Å²) in [5, 5.41) is 6.18. The summed E-state index contributed by atoms with van der Waals surface area (Å²) >= 11 is 1.60. The molecule has 2 unspecified atom stereocenters. The number of carbonyl (C=O) groups excluding carboxylic acids is 1. The topological polar surface area (TPSA) is 41.1 Å². The van der Waals surface area contributed by atoms with E-state index in [2.05, 4.69) is 48.7 Å². The summed E-state index contributed by atoms with van der Waals surface area (Å²) in [5.41, 5.74) is 1.26. The highest BCUT2D eigenvalue weighted by atomic mass is 32.2.